The SMILES string of the molecule is O=S(=O)(NCCNCCOc1ccc2c(c1)OCO2)c1cccc2cnccc12. The van der Waals surface area contributed by atoms with Crippen LogP contribution in [0.4, 0.5) is 0 Å². The van der Waals surface area contributed by atoms with Gasteiger partial charge in [-0.05, 0) is 24.3 Å². The third kappa shape index (κ3) is 4.58. The number of rotatable bonds is 9. The van der Waals surface area contributed by atoms with Crippen LogP contribution in [0.2, 0.25) is 0 Å². The number of fused-ring (bicyclic) bond motifs is 2. The van der Waals surface area contributed by atoms with Gasteiger partial charge >= 0.3 is 0 Å². The first-order valence-corrected chi connectivity index (χ1v) is 10.7. The second kappa shape index (κ2) is 8.64. The number of hydrogen-bond acceptors (Lipinski definition) is 7. The number of ether oxygens (including phenoxy) is 3. The summed E-state index contributed by atoms with van der Waals surface area (Å²) in [7, 11) is -3.60. The molecule has 3 aromatic rings. The first kappa shape index (κ1) is 19.4. The Hall–Kier alpha value is -2.88. The Balaban J connectivity index is 1.21. The lowest BCUT2D eigenvalue weighted by Gasteiger charge is -2.11. The summed E-state index contributed by atoms with van der Waals surface area (Å²) < 4.78 is 44.1. The number of benzene rings is 2. The summed E-state index contributed by atoms with van der Waals surface area (Å²) in [6, 6.07) is 12.3. The Bertz CT molecular complexity index is 1100. The van der Waals surface area contributed by atoms with E-state index in [9.17, 15) is 8.42 Å². The van der Waals surface area contributed by atoms with Crippen molar-refractivity contribution in [3.8, 4) is 17.2 Å². The highest BCUT2D eigenvalue weighted by atomic mass is 32.2. The molecule has 29 heavy (non-hydrogen) atoms. The first-order chi connectivity index (χ1) is 14.1. The molecule has 1 aliphatic heterocycles. The molecule has 1 aliphatic rings. The van der Waals surface area contributed by atoms with E-state index in [0.29, 0.717) is 42.3 Å². The van der Waals surface area contributed by atoms with E-state index in [1.807, 2.05) is 18.2 Å². The van der Waals surface area contributed by atoms with E-state index in [0.717, 1.165) is 5.39 Å². The van der Waals surface area contributed by atoms with Crippen LogP contribution in [-0.4, -0.2) is 46.4 Å². The molecule has 0 unspecified atom stereocenters. The molecule has 0 aliphatic carbocycles. The Kier molecular flexibility index (Phi) is 5.79. The molecular formula is C20H21N3O5S. The lowest BCUT2D eigenvalue weighted by Crippen LogP contribution is -2.33. The van der Waals surface area contributed by atoms with Crippen LogP contribution in [0.5, 0.6) is 17.2 Å². The van der Waals surface area contributed by atoms with E-state index in [1.54, 1.807) is 36.7 Å². The van der Waals surface area contributed by atoms with E-state index < -0.39 is 10.0 Å². The normalized spacial score (nSPS) is 13.0. The van der Waals surface area contributed by atoms with Gasteiger partial charge in [-0.3, -0.25) is 4.98 Å². The van der Waals surface area contributed by atoms with Crippen LogP contribution in [-0.2, 0) is 10.0 Å². The largest absolute Gasteiger partial charge is 0.492 e. The number of nitrogens with one attached hydrogen (secondary N) is 2. The second-order valence-electron chi connectivity index (χ2n) is 6.36. The number of pyridine rings is 1. The average Bonchev–Trinajstić information content (AvgIpc) is 3.20. The van der Waals surface area contributed by atoms with Crippen molar-refractivity contribution >= 4 is 20.8 Å². The third-order valence-electron chi connectivity index (χ3n) is 4.42. The van der Waals surface area contributed by atoms with Crippen LogP contribution in [0.3, 0.4) is 0 Å². The van der Waals surface area contributed by atoms with E-state index in [2.05, 4.69) is 15.0 Å². The highest BCUT2D eigenvalue weighted by Crippen LogP contribution is 2.34. The Morgan fingerprint density at radius 2 is 1.93 bits per heavy atom. The van der Waals surface area contributed by atoms with Gasteiger partial charge in [0.2, 0.25) is 16.8 Å². The minimum absolute atomic E-state index is 0.228. The molecule has 9 heteroatoms. The molecule has 0 spiro atoms. The summed E-state index contributed by atoms with van der Waals surface area (Å²) in [5, 5.41) is 4.59. The first-order valence-electron chi connectivity index (χ1n) is 9.19. The molecule has 0 saturated heterocycles. The van der Waals surface area contributed by atoms with E-state index >= 15 is 0 Å². The van der Waals surface area contributed by atoms with Crippen molar-refractivity contribution in [2.75, 3.05) is 33.0 Å². The van der Waals surface area contributed by atoms with Gasteiger partial charge in [-0.15, -0.1) is 0 Å². The summed E-state index contributed by atoms with van der Waals surface area (Å²) >= 11 is 0. The van der Waals surface area contributed by atoms with Crippen molar-refractivity contribution in [3.63, 3.8) is 0 Å². The van der Waals surface area contributed by atoms with Crippen LogP contribution in [0.1, 0.15) is 0 Å². The Morgan fingerprint density at radius 1 is 1.03 bits per heavy atom. The summed E-state index contributed by atoms with van der Waals surface area (Å²) in [4.78, 5) is 4.28. The molecule has 0 amide bonds. The Labute approximate surface area is 168 Å². The average molecular weight is 415 g/mol. The second-order valence-corrected chi connectivity index (χ2v) is 8.10. The van der Waals surface area contributed by atoms with Gasteiger partial charge in [0.05, 0.1) is 4.90 Å². The fourth-order valence-corrected chi connectivity index (χ4v) is 4.27. The lowest BCUT2D eigenvalue weighted by atomic mass is 10.2. The van der Waals surface area contributed by atoms with Crippen molar-refractivity contribution in [1.29, 1.82) is 0 Å². The molecule has 0 radical (unpaired) electrons. The maximum absolute atomic E-state index is 12.6. The molecule has 0 saturated carbocycles. The van der Waals surface area contributed by atoms with Gasteiger partial charge in [0.15, 0.2) is 11.5 Å². The van der Waals surface area contributed by atoms with Gasteiger partial charge in [0.1, 0.15) is 12.4 Å². The molecule has 1 aromatic heterocycles. The zero-order valence-electron chi connectivity index (χ0n) is 15.6. The Morgan fingerprint density at radius 3 is 2.86 bits per heavy atom. The molecule has 152 valence electrons. The molecule has 0 fully saturated rings. The minimum Gasteiger partial charge on any atom is -0.492 e. The third-order valence-corrected chi connectivity index (χ3v) is 5.93. The smallest absolute Gasteiger partial charge is 0.241 e. The van der Waals surface area contributed by atoms with Gasteiger partial charge < -0.3 is 19.5 Å². The monoisotopic (exact) mass is 415 g/mol. The van der Waals surface area contributed by atoms with Crippen molar-refractivity contribution in [1.82, 2.24) is 15.0 Å². The van der Waals surface area contributed by atoms with E-state index in [4.69, 9.17) is 14.2 Å². The summed E-state index contributed by atoms with van der Waals surface area (Å²) in [6.45, 7) is 2.01. The number of nitrogens with zero attached hydrogens (tertiary/aromatic N) is 1. The molecule has 4 rings (SSSR count). The van der Waals surface area contributed by atoms with Crippen LogP contribution in [0, 0.1) is 0 Å². The van der Waals surface area contributed by atoms with Gasteiger partial charge in [-0.25, -0.2) is 13.1 Å². The van der Waals surface area contributed by atoms with Crippen LogP contribution in [0.25, 0.3) is 10.8 Å². The van der Waals surface area contributed by atoms with E-state index in [1.165, 1.54) is 0 Å². The predicted molar refractivity (Wildman–Crippen MR) is 108 cm³/mol. The van der Waals surface area contributed by atoms with Crippen LogP contribution >= 0.6 is 0 Å². The highest BCUT2D eigenvalue weighted by molar-refractivity contribution is 7.89. The quantitative estimate of drug-likeness (QED) is 0.515. The van der Waals surface area contributed by atoms with Crippen molar-refractivity contribution in [2.24, 2.45) is 0 Å². The highest BCUT2D eigenvalue weighted by Gasteiger charge is 2.16. The molecule has 2 N–H and O–H groups in total. The van der Waals surface area contributed by atoms with Gasteiger partial charge in [-0.2, -0.15) is 0 Å². The van der Waals surface area contributed by atoms with Crippen molar-refractivity contribution in [2.45, 2.75) is 4.90 Å². The predicted octanol–water partition coefficient (Wildman–Crippen LogP) is 1.91. The molecule has 2 aromatic carbocycles. The topological polar surface area (TPSA) is 98.8 Å². The zero-order chi connectivity index (χ0) is 20.1. The van der Waals surface area contributed by atoms with Gasteiger partial charge in [-0.1, -0.05) is 12.1 Å². The van der Waals surface area contributed by atoms with Crippen LogP contribution < -0.4 is 24.2 Å². The molecule has 0 bridgehead atoms. The molecule has 0 atom stereocenters. The number of hydrogen-bond donors (Lipinski definition) is 2. The fraction of sp³-hybridized carbons (Fsp3) is 0.250. The maximum Gasteiger partial charge on any atom is 0.241 e. The lowest BCUT2D eigenvalue weighted by molar-refractivity contribution is 0.173. The van der Waals surface area contributed by atoms with Crippen LogP contribution in [0.15, 0.2) is 59.8 Å². The van der Waals surface area contributed by atoms with Crippen molar-refractivity contribution in [3.05, 3.63) is 54.9 Å². The van der Waals surface area contributed by atoms with Gasteiger partial charge in [0.25, 0.3) is 0 Å². The molecular weight excluding hydrogens is 394 g/mol. The minimum atomic E-state index is -3.60. The summed E-state index contributed by atoms with van der Waals surface area (Å²) in [6.07, 6.45) is 3.24. The number of sulfonamides is 1. The number of aromatic nitrogens is 1. The summed E-state index contributed by atoms with van der Waals surface area (Å²) in [5.74, 6) is 2.08. The molecule has 2 heterocycles. The standard InChI is InChI=1S/C20H21N3O5S/c24-29(25,20-3-1-2-15-13-22-7-6-17(15)20)23-9-8-21-10-11-26-16-4-5-18-19(12-16)28-14-27-18/h1-7,12-13,21,23H,8-11,14H2. The van der Waals surface area contributed by atoms with Gasteiger partial charge in [0, 0.05) is 48.9 Å². The maximum atomic E-state index is 12.6. The van der Waals surface area contributed by atoms with Crippen molar-refractivity contribution < 1.29 is 22.6 Å². The molecule has 8 nitrogen and oxygen atoms in total. The zero-order valence-corrected chi connectivity index (χ0v) is 16.4. The fourth-order valence-electron chi connectivity index (χ4n) is 3.01. The van der Waals surface area contributed by atoms with E-state index in [-0.39, 0.29) is 18.2 Å². The summed E-state index contributed by atoms with van der Waals surface area (Å²) in [5.41, 5.74) is 0.